The molecule has 10 nitrogen and oxygen atoms in total. The van der Waals surface area contributed by atoms with Crippen LogP contribution in [0.2, 0.25) is 0 Å². The number of hydrogen-bond donors (Lipinski definition) is 0. The summed E-state index contributed by atoms with van der Waals surface area (Å²) in [7, 11) is 2.95. The fourth-order valence-electron chi connectivity index (χ4n) is 8.18. The van der Waals surface area contributed by atoms with Crippen molar-refractivity contribution >= 4 is 55.0 Å². The average molecular weight is 759 g/mol. The van der Waals surface area contributed by atoms with Gasteiger partial charge in [-0.3, -0.25) is 0 Å². The zero-order chi connectivity index (χ0) is 39.2. The number of carbonyl (C=O) groups is 2. The van der Waals surface area contributed by atoms with Crippen molar-refractivity contribution in [2.24, 2.45) is 0 Å². The summed E-state index contributed by atoms with van der Waals surface area (Å²) < 4.78 is 49.8. The predicted molar refractivity (Wildman–Crippen MR) is 212 cm³/mol. The van der Waals surface area contributed by atoms with Gasteiger partial charge < -0.3 is 37.9 Å². The highest BCUT2D eigenvalue weighted by Crippen LogP contribution is 2.40. The standard InChI is InChI=1S/C46H46O10/c1-45(2)51-25-35(55-45)39(53-43(47)41(49-5)37-31-19-11-7-15-27(31)23-28-16-8-12-20-32(28)37)40(36-26-52-46(3,4)56-36)54-44(48)42(50-6)38-33-21-13-9-17-29(33)24-30-18-10-14-22-34(30)38/h7-24,35-36,39-42H,25-26H2,1-6H3/t35-,36-,39-,40-,41-,42-/m1/s1. The first-order valence-corrected chi connectivity index (χ1v) is 18.9. The Balaban J connectivity index is 1.21. The fraction of sp³-hybridized carbons (Fsp3) is 0.348. The Labute approximate surface area is 325 Å². The minimum atomic E-state index is -1.23. The van der Waals surface area contributed by atoms with E-state index in [4.69, 9.17) is 37.9 Å². The Bertz CT molecular complexity index is 2140. The average Bonchev–Trinajstić information content (AvgIpc) is 3.75. The van der Waals surface area contributed by atoms with E-state index >= 15 is 0 Å². The van der Waals surface area contributed by atoms with Gasteiger partial charge in [0.2, 0.25) is 0 Å². The summed E-state index contributed by atoms with van der Waals surface area (Å²) in [6.07, 6.45) is -6.49. The molecule has 2 fully saturated rings. The predicted octanol–water partition coefficient (Wildman–Crippen LogP) is 8.50. The van der Waals surface area contributed by atoms with Crippen LogP contribution in [0.15, 0.2) is 109 Å². The summed E-state index contributed by atoms with van der Waals surface area (Å²) >= 11 is 0. The minimum absolute atomic E-state index is 0.0481. The van der Waals surface area contributed by atoms with Crippen molar-refractivity contribution in [3.8, 4) is 0 Å². The van der Waals surface area contributed by atoms with E-state index in [-0.39, 0.29) is 13.2 Å². The Hall–Kier alpha value is -4.94. The lowest BCUT2D eigenvalue weighted by atomic mass is 9.93. The van der Waals surface area contributed by atoms with Gasteiger partial charge in [-0.15, -0.1) is 0 Å². The molecule has 2 aliphatic rings. The lowest BCUT2D eigenvalue weighted by Crippen LogP contribution is -2.52. The number of hydrogen-bond acceptors (Lipinski definition) is 10. The molecule has 2 aliphatic heterocycles. The van der Waals surface area contributed by atoms with Gasteiger partial charge in [0.05, 0.1) is 13.2 Å². The zero-order valence-electron chi connectivity index (χ0n) is 32.4. The molecule has 6 aromatic rings. The molecule has 0 amide bonds. The van der Waals surface area contributed by atoms with Gasteiger partial charge in [0.1, 0.15) is 12.2 Å². The molecule has 6 atom stereocenters. The number of methoxy groups -OCH3 is 2. The van der Waals surface area contributed by atoms with Gasteiger partial charge in [-0.25, -0.2) is 9.59 Å². The quantitative estimate of drug-likeness (QED) is 0.0943. The largest absolute Gasteiger partial charge is 0.453 e. The number of ether oxygens (including phenoxy) is 8. The molecule has 0 saturated carbocycles. The number of fused-ring (bicyclic) bond motifs is 4. The van der Waals surface area contributed by atoms with Gasteiger partial charge in [-0.05, 0) is 82.9 Å². The van der Waals surface area contributed by atoms with Crippen molar-refractivity contribution in [3.05, 3.63) is 120 Å². The molecule has 2 saturated heterocycles. The third-order valence-electron chi connectivity index (χ3n) is 10.7. The highest BCUT2D eigenvalue weighted by atomic mass is 16.8. The van der Waals surface area contributed by atoms with E-state index in [1.54, 1.807) is 27.7 Å². The van der Waals surface area contributed by atoms with E-state index in [0.29, 0.717) is 11.1 Å². The summed E-state index contributed by atoms with van der Waals surface area (Å²) in [6.45, 7) is 7.20. The first-order chi connectivity index (χ1) is 27.0. The van der Waals surface area contributed by atoms with E-state index in [2.05, 4.69) is 12.1 Å². The summed E-state index contributed by atoms with van der Waals surface area (Å²) in [4.78, 5) is 29.5. The maximum absolute atomic E-state index is 14.7. The molecule has 8 rings (SSSR count). The number of rotatable bonds is 11. The van der Waals surface area contributed by atoms with Crippen molar-refractivity contribution in [1.29, 1.82) is 0 Å². The van der Waals surface area contributed by atoms with Gasteiger partial charge in [-0.1, -0.05) is 97.1 Å². The van der Waals surface area contributed by atoms with Crippen LogP contribution in [0.3, 0.4) is 0 Å². The van der Waals surface area contributed by atoms with Crippen LogP contribution in [-0.2, 0) is 47.5 Å². The molecule has 10 heteroatoms. The highest BCUT2D eigenvalue weighted by Gasteiger charge is 2.51. The summed E-state index contributed by atoms with van der Waals surface area (Å²) in [5, 5.41) is 7.15. The molecule has 0 aliphatic carbocycles. The van der Waals surface area contributed by atoms with E-state index < -0.39 is 60.1 Å². The zero-order valence-corrected chi connectivity index (χ0v) is 32.4. The molecule has 290 valence electrons. The first-order valence-electron chi connectivity index (χ1n) is 18.9. The van der Waals surface area contributed by atoms with Crippen LogP contribution < -0.4 is 0 Å². The lowest BCUT2D eigenvalue weighted by molar-refractivity contribution is -0.216. The summed E-state index contributed by atoms with van der Waals surface area (Å²) in [6, 6.07) is 35.5. The minimum Gasteiger partial charge on any atom is -0.453 e. The van der Waals surface area contributed by atoms with Crippen molar-refractivity contribution < 1.29 is 47.5 Å². The second-order valence-corrected chi connectivity index (χ2v) is 15.2. The van der Waals surface area contributed by atoms with Gasteiger partial charge in [0.25, 0.3) is 0 Å². The third kappa shape index (κ3) is 7.25. The Kier molecular flexibility index (Phi) is 10.3. The molecule has 56 heavy (non-hydrogen) atoms. The second-order valence-electron chi connectivity index (χ2n) is 15.2. The van der Waals surface area contributed by atoms with Gasteiger partial charge in [0, 0.05) is 25.3 Å². The summed E-state index contributed by atoms with van der Waals surface area (Å²) in [5.41, 5.74) is 1.32. The number of benzene rings is 6. The Morgan fingerprint density at radius 3 is 1.11 bits per heavy atom. The molecule has 0 radical (unpaired) electrons. The number of esters is 2. The van der Waals surface area contributed by atoms with Crippen LogP contribution in [0.5, 0.6) is 0 Å². The van der Waals surface area contributed by atoms with Gasteiger partial charge in [-0.2, -0.15) is 0 Å². The Morgan fingerprint density at radius 1 is 0.536 bits per heavy atom. The maximum Gasteiger partial charge on any atom is 0.340 e. The smallest absolute Gasteiger partial charge is 0.340 e. The Morgan fingerprint density at radius 2 is 0.839 bits per heavy atom. The monoisotopic (exact) mass is 758 g/mol. The molecule has 2 heterocycles. The normalized spacial score (nSPS) is 21.2. The third-order valence-corrected chi connectivity index (χ3v) is 10.7. The van der Waals surface area contributed by atoms with Crippen molar-refractivity contribution in [2.45, 2.75) is 75.9 Å². The molecule has 0 aromatic heterocycles. The molecular formula is C46H46O10. The van der Waals surface area contributed by atoms with Crippen LogP contribution in [0.25, 0.3) is 43.1 Å². The molecule has 0 bridgehead atoms. The van der Waals surface area contributed by atoms with Crippen molar-refractivity contribution in [1.82, 2.24) is 0 Å². The van der Waals surface area contributed by atoms with Gasteiger partial charge in [0.15, 0.2) is 36.0 Å². The van der Waals surface area contributed by atoms with Crippen LogP contribution in [0, 0.1) is 0 Å². The molecule has 6 aromatic carbocycles. The van der Waals surface area contributed by atoms with E-state index in [0.717, 1.165) is 43.1 Å². The molecular weight excluding hydrogens is 712 g/mol. The topological polar surface area (TPSA) is 108 Å². The first kappa shape index (κ1) is 38.0. The van der Waals surface area contributed by atoms with Crippen LogP contribution >= 0.6 is 0 Å². The molecule has 0 N–H and O–H groups in total. The number of carbonyl (C=O) groups excluding carboxylic acids is 2. The van der Waals surface area contributed by atoms with Crippen LogP contribution in [0.4, 0.5) is 0 Å². The maximum atomic E-state index is 14.7. The van der Waals surface area contributed by atoms with Crippen molar-refractivity contribution in [3.63, 3.8) is 0 Å². The van der Waals surface area contributed by atoms with Gasteiger partial charge >= 0.3 is 11.9 Å². The summed E-state index contributed by atoms with van der Waals surface area (Å²) in [5.74, 6) is -3.43. The van der Waals surface area contributed by atoms with Crippen LogP contribution in [0.1, 0.15) is 51.0 Å². The second kappa shape index (κ2) is 15.2. The van der Waals surface area contributed by atoms with Crippen molar-refractivity contribution in [2.75, 3.05) is 27.4 Å². The van der Waals surface area contributed by atoms with E-state index in [1.807, 2.05) is 97.1 Å². The fourth-order valence-corrected chi connectivity index (χ4v) is 8.18. The van der Waals surface area contributed by atoms with E-state index in [1.165, 1.54) is 14.2 Å². The van der Waals surface area contributed by atoms with E-state index in [9.17, 15) is 9.59 Å². The lowest BCUT2D eigenvalue weighted by Gasteiger charge is -2.35. The molecule has 0 spiro atoms. The van der Waals surface area contributed by atoms with Crippen LogP contribution in [-0.4, -0.2) is 75.4 Å². The molecule has 0 unspecified atom stereocenters. The highest BCUT2D eigenvalue weighted by molar-refractivity contribution is 6.06. The SMILES string of the molecule is CO[C@@H](C(=O)O[C@@H]([C@H](OC(=O)[C@H](OC)c1c2ccccc2cc2ccccc12)[C@H]1COC(C)(C)O1)[C@H]1COC(C)(C)O1)c1c2ccccc2cc2ccccc12.